The first-order chi connectivity index (χ1) is 47.2. The van der Waals surface area contributed by atoms with Crippen LogP contribution in [0.25, 0.3) is 32.3 Å². The van der Waals surface area contributed by atoms with Gasteiger partial charge in [-0.25, -0.2) is 0 Å². The van der Waals surface area contributed by atoms with Crippen LogP contribution in [0.4, 0.5) is 0 Å². The zero-order chi connectivity index (χ0) is 69.7. The molecule has 24 nitrogen and oxygen atoms in total. The number of methoxy groups -OCH3 is 2. The second-order valence-corrected chi connectivity index (χ2v) is 29.8. The number of amides is 6. The maximum absolute atomic E-state index is 13.5. The third-order valence-electron chi connectivity index (χ3n) is 15.7. The Morgan fingerprint density at radius 3 is 1.52 bits per heavy atom. The quantitative estimate of drug-likeness (QED) is 0.0206. The standard InChI is InChI=1S/C29H31NO7S2.C21H17NO6S2.C18H18ClNO8S/c1-35-14-15-36-16-17-38-23-18-22-8-5-9-25-27(22)26(19-23)29(32)30(28(25)31)37-39(33,34)24-12-10-21(11-13-24)20-6-3-2-4-7-20;23-9-10-29-16-11-15-7-4-8-17-19(15)18(12-16)21(25)22(20(17)24)28-30(26,27)13-14-5-2-1-3-6-14;1-25-7-8-26-9-10-27-15-6-5-14-16-12(15)3-2-4-13(16)17(21)20(18(14)22)28-29(23,24)11-19/h5,8-13,18-20H,2-4,6-7,14-17H2,1H3;1-8,11-12,23H,9-10,13H2;2-6H,7-11H2,1H3. The van der Waals surface area contributed by atoms with Gasteiger partial charge in [0.25, 0.3) is 45.6 Å². The van der Waals surface area contributed by atoms with Crippen LogP contribution in [0.1, 0.15) is 111 Å². The van der Waals surface area contributed by atoms with E-state index in [1.165, 1.54) is 73.1 Å². The molecular formula is C68H66ClN3O21S5. The SMILES string of the molecule is COCCOCCOc1ccc2c3c(cccc13)C(=O)N(OS(=O)(=O)CCl)C2=O.COCCOCCSc1cc2c3c(cccc3c1)C(=O)N(OS(=O)(=O)c1ccc(C3CCCCC3)cc1)C2=O.O=C1c2cccc3cc(SCCO)cc(c23)C(=O)N1OS(=O)(=O)Cc1ccccc1. The number of alkyl halides is 1. The van der Waals surface area contributed by atoms with Crippen LogP contribution in [0, 0.1) is 0 Å². The predicted octanol–water partition coefficient (Wildman–Crippen LogP) is 10.5. The van der Waals surface area contributed by atoms with Gasteiger partial charge in [-0.2, -0.15) is 25.3 Å². The predicted molar refractivity (Wildman–Crippen MR) is 364 cm³/mol. The number of hydrogen-bond acceptors (Lipinski definition) is 23. The molecule has 0 bridgehead atoms. The summed E-state index contributed by atoms with van der Waals surface area (Å²) in [5.41, 5.74) is 2.59. The lowest BCUT2D eigenvalue weighted by atomic mass is 9.84. The van der Waals surface area contributed by atoms with E-state index in [2.05, 4.69) is 4.28 Å². The van der Waals surface area contributed by atoms with Gasteiger partial charge in [0.15, 0.2) is 5.21 Å². The molecule has 1 fully saturated rings. The lowest BCUT2D eigenvalue weighted by Gasteiger charge is -2.26. The summed E-state index contributed by atoms with van der Waals surface area (Å²) in [4.78, 5) is 79.4. The fourth-order valence-electron chi connectivity index (χ4n) is 11.3. The highest BCUT2D eigenvalue weighted by atomic mass is 35.5. The molecule has 1 N–H and O–H groups in total. The highest BCUT2D eigenvalue weighted by Gasteiger charge is 2.41. The molecule has 3 aliphatic heterocycles. The monoisotopic (exact) mass is 1460 g/mol. The Labute approximate surface area is 578 Å². The van der Waals surface area contributed by atoms with E-state index in [9.17, 15) is 54.0 Å². The molecule has 0 radical (unpaired) electrons. The average molecular weight is 1460 g/mol. The normalized spacial score (nSPS) is 14.8. The van der Waals surface area contributed by atoms with Crippen LogP contribution in [0.3, 0.4) is 0 Å². The Morgan fingerprint density at radius 1 is 0.480 bits per heavy atom. The van der Waals surface area contributed by atoms with E-state index in [0.29, 0.717) is 105 Å². The van der Waals surface area contributed by atoms with Crippen LogP contribution in [0.2, 0.25) is 0 Å². The summed E-state index contributed by atoms with van der Waals surface area (Å²) in [5.74, 6) is -3.62. The summed E-state index contributed by atoms with van der Waals surface area (Å²) >= 11 is 8.15. The maximum atomic E-state index is 13.5. The Kier molecular flexibility index (Phi) is 24.6. The van der Waals surface area contributed by atoms with E-state index in [1.807, 2.05) is 18.2 Å². The second kappa shape index (κ2) is 33.0. The molecule has 8 aromatic rings. The molecule has 0 aromatic heterocycles. The molecule has 8 aromatic carbocycles. The Bertz CT molecular complexity index is 4650. The van der Waals surface area contributed by atoms with Crippen molar-refractivity contribution in [3.63, 3.8) is 0 Å². The number of aliphatic hydroxyl groups excluding tert-OH is 1. The van der Waals surface area contributed by atoms with Crippen LogP contribution >= 0.6 is 35.1 Å². The van der Waals surface area contributed by atoms with Gasteiger partial charge in [0.2, 0.25) is 0 Å². The van der Waals surface area contributed by atoms with E-state index in [1.54, 1.807) is 111 Å². The number of nitrogens with zero attached hydrogens (tertiary/aromatic N) is 3. The molecule has 12 rings (SSSR count). The van der Waals surface area contributed by atoms with Crippen molar-refractivity contribution in [2.45, 2.75) is 58.5 Å². The van der Waals surface area contributed by atoms with Crippen LogP contribution in [0.15, 0.2) is 160 Å². The third-order valence-corrected chi connectivity index (χ3v) is 21.3. The zero-order valence-electron chi connectivity index (χ0n) is 52.8. The summed E-state index contributed by atoms with van der Waals surface area (Å²) in [6, 6.07) is 39.7. The number of imide groups is 3. The third kappa shape index (κ3) is 17.1. The lowest BCUT2D eigenvalue weighted by molar-refractivity contribution is -0.0159. The molecule has 516 valence electrons. The molecule has 0 unspecified atom stereocenters. The Hall–Kier alpha value is -7.72. The van der Waals surface area contributed by atoms with Gasteiger partial charge < -0.3 is 28.8 Å². The fourth-order valence-corrected chi connectivity index (χ4v) is 15.3. The number of carbonyl (C=O) groups excluding carboxylic acids is 6. The molecule has 1 saturated carbocycles. The maximum Gasteiger partial charge on any atom is 0.318 e. The van der Waals surface area contributed by atoms with E-state index in [-0.39, 0.29) is 56.6 Å². The number of hydroxylamine groups is 6. The number of hydrogen-bond donors (Lipinski definition) is 1. The van der Waals surface area contributed by atoms with Crippen molar-refractivity contribution < 1.29 is 95.7 Å². The molecule has 4 aliphatic rings. The highest BCUT2D eigenvalue weighted by molar-refractivity contribution is 7.99. The first-order valence-corrected chi connectivity index (χ1v) is 37.7. The number of halogens is 1. The topological polar surface area (TPSA) is 309 Å². The van der Waals surface area contributed by atoms with Gasteiger partial charge in [0.05, 0.1) is 84.5 Å². The Morgan fingerprint density at radius 2 is 0.969 bits per heavy atom. The van der Waals surface area contributed by atoms with Gasteiger partial charge in [-0.1, -0.05) is 98.1 Å². The molecular weight excluding hydrogens is 1390 g/mol. The van der Waals surface area contributed by atoms with Crippen molar-refractivity contribution >= 4 is 133 Å². The average Bonchev–Trinajstić information content (AvgIpc) is 0.754. The minimum absolute atomic E-state index is 0.0303. The van der Waals surface area contributed by atoms with Crippen LogP contribution in [0.5, 0.6) is 5.75 Å². The van der Waals surface area contributed by atoms with Crippen molar-refractivity contribution in [2.75, 3.05) is 83.8 Å². The number of benzene rings is 8. The van der Waals surface area contributed by atoms with E-state index < -0.39 is 76.8 Å². The smallest absolute Gasteiger partial charge is 0.318 e. The largest absolute Gasteiger partial charge is 0.491 e. The fraction of sp³-hybridized carbons (Fsp3) is 0.294. The first-order valence-electron chi connectivity index (χ1n) is 30.6. The number of rotatable bonds is 28. The highest BCUT2D eigenvalue weighted by Crippen LogP contribution is 2.40. The van der Waals surface area contributed by atoms with Crippen molar-refractivity contribution in [1.82, 2.24) is 15.2 Å². The molecule has 1 aliphatic carbocycles. The molecule has 0 saturated heterocycles. The molecule has 0 spiro atoms. The number of ether oxygens (including phenoxy) is 5. The van der Waals surface area contributed by atoms with E-state index >= 15 is 0 Å². The van der Waals surface area contributed by atoms with Gasteiger partial charge in [-0.15, -0.1) is 63.2 Å². The minimum atomic E-state index is -4.43. The summed E-state index contributed by atoms with van der Waals surface area (Å²) in [6.07, 6.45) is 5.75. The second-order valence-electron chi connectivity index (χ2n) is 22.2. The minimum Gasteiger partial charge on any atom is -0.491 e. The number of carbonyl (C=O) groups is 6. The van der Waals surface area contributed by atoms with Crippen LogP contribution < -0.4 is 4.74 Å². The van der Waals surface area contributed by atoms with E-state index in [4.69, 9.17) is 49.0 Å². The summed E-state index contributed by atoms with van der Waals surface area (Å²) in [6.45, 7) is 2.98. The van der Waals surface area contributed by atoms with Gasteiger partial charge in [0.1, 0.15) is 18.1 Å². The van der Waals surface area contributed by atoms with Gasteiger partial charge in [-0.05, 0) is 107 Å². The summed E-state index contributed by atoms with van der Waals surface area (Å²) in [5, 5.41) is 12.3. The first kappa shape index (κ1) is 73.0. The van der Waals surface area contributed by atoms with Crippen molar-refractivity contribution in [3.8, 4) is 5.75 Å². The Balaban J connectivity index is 0.000000162. The molecule has 3 heterocycles. The molecule has 6 amide bonds. The number of thioether (sulfide) groups is 2. The zero-order valence-corrected chi connectivity index (χ0v) is 57.7. The lowest BCUT2D eigenvalue weighted by Crippen LogP contribution is -2.42. The van der Waals surface area contributed by atoms with Gasteiger partial charge in [0, 0.05) is 57.1 Å². The van der Waals surface area contributed by atoms with Gasteiger partial charge >= 0.3 is 20.2 Å². The number of aliphatic hydroxyl groups is 1. The molecule has 0 atom stereocenters. The van der Waals surface area contributed by atoms with Crippen molar-refractivity contribution in [1.29, 1.82) is 0 Å². The van der Waals surface area contributed by atoms with Crippen molar-refractivity contribution in [3.05, 3.63) is 190 Å². The van der Waals surface area contributed by atoms with E-state index in [0.717, 1.165) is 33.6 Å². The van der Waals surface area contributed by atoms with Crippen LogP contribution in [-0.4, -0.2) is 165 Å². The molecule has 98 heavy (non-hydrogen) atoms. The molecule has 30 heteroatoms. The summed E-state index contributed by atoms with van der Waals surface area (Å²) in [7, 11) is -9.77. The van der Waals surface area contributed by atoms with Gasteiger partial charge in [-0.3, -0.25) is 28.8 Å². The van der Waals surface area contributed by atoms with Crippen LogP contribution in [-0.2, 0) is 67.9 Å². The summed E-state index contributed by atoms with van der Waals surface area (Å²) < 4.78 is 116. The van der Waals surface area contributed by atoms with Crippen molar-refractivity contribution in [2.24, 2.45) is 0 Å².